The Labute approximate surface area is 119 Å². The first-order chi connectivity index (χ1) is 8.93. The number of benzene rings is 1. The number of hydrogen-bond acceptors (Lipinski definition) is 4. The van der Waals surface area contributed by atoms with Crippen LogP contribution in [0.2, 0.25) is 0 Å². The predicted molar refractivity (Wildman–Crippen MR) is 79.4 cm³/mol. The minimum atomic E-state index is 0.0224. The molecule has 106 valence electrons. The van der Waals surface area contributed by atoms with E-state index >= 15 is 0 Å². The number of carbonyl (C=O) groups excluding carboxylic acids is 1. The van der Waals surface area contributed by atoms with E-state index in [-0.39, 0.29) is 17.9 Å². The van der Waals surface area contributed by atoms with E-state index in [1.807, 2.05) is 38.2 Å². The van der Waals surface area contributed by atoms with Crippen molar-refractivity contribution in [2.45, 2.75) is 24.4 Å². The number of likely N-dealkylation sites (N-methyl/N-ethyl adjacent to an activating group) is 1. The number of hydrogen-bond donors (Lipinski definition) is 1. The van der Waals surface area contributed by atoms with E-state index < -0.39 is 0 Å². The Balaban J connectivity index is 2.69. The van der Waals surface area contributed by atoms with Gasteiger partial charge in [0.25, 0.3) is 5.24 Å². The summed E-state index contributed by atoms with van der Waals surface area (Å²) in [4.78, 5) is 16.2. The van der Waals surface area contributed by atoms with Gasteiger partial charge in [-0.2, -0.15) is 0 Å². The number of aliphatic hydroxyl groups is 1. The molecule has 0 saturated heterocycles. The monoisotopic (exact) mass is 282 g/mol. The first-order valence-electron chi connectivity index (χ1n) is 6.23. The molecule has 0 radical (unpaired) electrons. The number of nitrogens with zero attached hydrogens (tertiary/aromatic N) is 2. The molecule has 0 aromatic heterocycles. The molecular weight excluding hydrogens is 260 g/mol. The molecule has 0 spiro atoms. The minimum Gasteiger partial charge on any atom is -0.395 e. The molecule has 0 heterocycles. The van der Waals surface area contributed by atoms with E-state index in [0.717, 1.165) is 17.0 Å². The fraction of sp³-hybridized carbons (Fsp3) is 0.500. The second kappa shape index (κ2) is 7.53. The predicted octanol–water partition coefficient (Wildman–Crippen LogP) is 2.27. The Bertz CT molecular complexity index is 424. The quantitative estimate of drug-likeness (QED) is 0.842. The molecule has 0 aliphatic heterocycles. The molecule has 1 unspecified atom stereocenters. The third-order valence-electron chi connectivity index (χ3n) is 2.92. The standard InChI is InChI=1S/C14H22N2O2S/c1-11(10-17)16(4)9-12-6-5-7-13(8-12)19-14(18)15(2)3/h5-8,11,17H,9-10H2,1-4H3. The van der Waals surface area contributed by atoms with Crippen molar-refractivity contribution < 1.29 is 9.90 Å². The van der Waals surface area contributed by atoms with Crippen molar-refractivity contribution >= 4 is 17.0 Å². The van der Waals surface area contributed by atoms with Crippen LogP contribution in [0.1, 0.15) is 12.5 Å². The molecule has 0 aliphatic rings. The van der Waals surface area contributed by atoms with E-state index in [2.05, 4.69) is 4.90 Å². The van der Waals surface area contributed by atoms with E-state index in [1.54, 1.807) is 19.0 Å². The number of carbonyl (C=O) groups is 1. The van der Waals surface area contributed by atoms with Gasteiger partial charge in [0.05, 0.1) is 6.61 Å². The van der Waals surface area contributed by atoms with Crippen molar-refractivity contribution in [2.75, 3.05) is 27.7 Å². The first kappa shape index (κ1) is 16.0. The summed E-state index contributed by atoms with van der Waals surface area (Å²) in [5.74, 6) is 0. The number of thioether (sulfide) groups is 1. The maximum absolute atomic E-state index is 11.6. The molecule has 1 N–H and O–H groups in total. The van der Waals surface area contributed by atoms with Gasteiger partial charge in [0.15, 0.2) is 0 Å². The van der Waals surface area contributed by atoms with Crippen molar-refractivity contribution in [1.29, 1.82) is 0 Å². The molecule has 4 nitrogen and oxygen atoms in total. The summed E-state index contributed by atoms with van der Waals surface area (Å²) in [7, 11) is 5.47. The van der Waals surface area contributed by atoms with Crippen LogP contribution in [-0.4, -0.2) is 53.9 Å². The fourth-order valence-corrected chi connectivity index (χ4v) is 2.22. The molecular formula is C14H22N2O2S. The highest BCUT2D eigenvalue weighted by Crippen LogP contribution is 2.22. The highest BCUT2D eigenvalue weighted by molar-refractivity contribution is 8.13. The van der Waals surface area contributed by atoms with E-state index in [4.69, 9.17) is 5.11 Å². The van der Waals surface area contributed by atoms with E-state index in [0.29, 0.717) is 0 Å². The molecule has 0 fully saturated rings. The Morgan fingerprint density at radius 2 is 2.05 bits per heavy atom. The average Bonchev–Trinajstić information content (AvgIpc) is 2.37. The van der Waals surface area contributed by atoms with Gasteiger partial charge in [-0.15, -0.1) is 0 Å². The first-order valence-corrected chi connectivity index (χ1v) is 7.05. The summed E-state index contributed by atoms with van der Waals surface area (Å²) in [6, 6.07) is 8.07. The van der Waals surface area contributed by atoms with Crippen LogP contribution in [0, 0.1) is 0 Å². The minimum absolute atomic E-state index is 0.0224. The summed E-state index contributed by atoms with van der Waals surface area (Å²) in [5, 5.41) is 9.14. The van der Waals surface area contributed by atoms with Crippen molar-refractivity contribution in [3.63, 3.8) is 0 Å². The van der Waals surface area contributed by atoms with Gasteiger partial charge in [-0.05, 0) is 43.4 Å². The Kier molecular flexibility index (Phi) is 6.34. The van der Waals surface area contributed by atoms with Crippen LogP contribution in [0.15, 0.2) is 29.2 Å². The molecule has 1 rings (SSSR count). The highest BCUT2D eigenvalue weighted by atomic mass is 32.2. The molecule has 19 heavy (non-hydrogen) atoms. The van der Waals surface area contributed by atoms with Gasteiger partial charge in [-0.3, -0.25) is 9.69 Å². The summed E-state index contributed by atoms with van der Waals surface area (Å²) in [5.41, 5.74) is 1.14. The summed E-state index contributed by atoms with van der Waals surface area (Å²) >= 11 is 1.23. The maximum Gasteiger partial charge on any atom is 0.285 e. The molecule has 5 heteroatoms. The van der Waals surface area contributed by atoms with Gasteiger partial charge in [0, 0.05) is 31.6 Å². The van der Waals surface area contributed by atoms with E-state index in [9.17, 15) is 4.79 Å². The van der Waals surface area contributed by atoms with Gasteiger partial charge >= 0.3 is 0 Å². The van der Waals surface area contributed by atoms with Crippen molar-refractivity contribution in [1.82, 2.24) is 9.80 Å². The third-order valence-corrected chi connectivity index (χ3v) is 3.95. The Morgan fingerprint density at radius 3 is 2.63 bits per heavy atom. The normalized spacial score (nSPS) is 12.5. The Hall–Kier alpha value is -1.04. The largest absolute Gasteiger partial charge is 0.395 e. The Morgan fingerprint density at radius 1 is 1.37 bits per heavy atom. The smallest absolute Gasteiger partial charge is 0.285 e. The zero-order chi connectivity index (χ0) is 14.4. The molecule has 1 amide bonds. The summed E-state index contributed by atoms with van der Waals surface area (Å²) in [6.07, 6.45) is 0. The second-order valence-corrected chi connectivity index (χ2v) is 5.88. The topological polar surface area (TPSA) is 43.8 Å². The lowest BCUT2D eigenvalue weighted by molar-refractivity contribution is 0.154. The lowest BCUT2D eigenvalue weighted by Gasteiger charge is -2.23. The van der Waals surface area contributed by atoms with Gasteiger partial charge in [0.2, 0.25) is 0 Å². The van der Waals surface area contributed by atoms with Crippen LogP contribution < -0.4 is 0 Å². The number of amides is 1. The zero-order valence-electron chi connectivity index (χ0n) is 12.0. The van der Waals surface area contributed by atoms with Crippen LogP contribution in [-0.2, 0) is 6.54 Å². The van der Waals surface area contributed by atoms with Crippen molar-refractivity contribution in [3.05, 3.63) is 29.8 Å². The molecule has 0 saturated carbocycles. The third kappa shape index (κ3) is 5.22. The van der Waals surface area contributed by atoms with Gasteiger partial charge in [-0.1, -0.05) is 12.1 Å². The van der Waals surface area contributed by atoms with Crippen molar-refractivity contribution in [2.24, 2.45) is 0 Å². The summed E-state index contributed by atoms with van der Waals surface area (Å²) in [6.45, 7) is 2.88. The molecule has 0 bridgehead atoms. The number of aliphatic hydroxyl groups excluding tert-OH is 1. The second-order valence-electron chi connectivity index (χ2n) is 4.86. The van der Waals surface area contributed by atoms with Gasteiger partial charge in [0.1, 0.15) is 0 Å². The molecule has 1 atom stereocenters. The van der Waals surface area contributed by atoms with Crippen LogP contribution in [0.5, 0.6) is 0 Å². The lowest BCUT2D eigenvalue weighted by atomic mass is 10.2. The zero-order valence-corrected chi connectivity index (χ0v) is 12.8. The van der Waals surface area contributed by atoms with Crippen LogP contribution in [0.3, 0.4) is 0 Å². The number of rotatable bonds is 5. The van der Waals surface area contributed by atoms with Gasteiger partial charge in [-0.25, -0.2) is 0 Å². The van der Waals surface area contributed by atoms with Gasteiger partial charge < -0.3 is 10.0 Å². The fourth-order valence-electron chi connectivity index (χ4n) is 1.48. The van der Waals surface area contributed by atoms with Crippen LogP contribution >= 0.6 is 11.8 Å². The van der Waals surface area contributed by atoms with Crippen LogP contribution in [0.25, 0.3) is 0 Å². The maximum atomic E-state index is 11.6. The lowest BCUT2D eigenvalue weighted by Crippen LogP contribution is -2.31. The SMILES string of the molecule is CC(CO)N(C)Cc1cccc(SC(=O)N(C)C)c1. The van der Waals surface area contributed by atoms with Crippen molar-refractivity contribution in [3.8, 4) is 0 Å². The average molecular weight is 282 g/mol. The molecule has 0 aliphatic carbocycles. The highest BCUT2D eigenvalue weighted by Gasteiger charge is 2.10. The van der Waals surface area contributed by atoms with Crippen LogP contribution in [0.4, 0.5) is 4.79 Å². The van der Waals surface area contributed by atoms with E-state index in [1.165, 1.54) is 11.8 Å². The molecule has 1 aromatic rings. The molecule has 1 aromatic carbocycles. The summed E-state index contributed by atoms with van der Waals surface area (Å²) < 4.78 is 0.